The van der Waals surface area contributed by atoms with E-state index in [0.717, 1.165) is 22.3 Å². The molecule has 0 fully saturated rings. The number of hydrogen-bond acceptors (Lipinski definition) is 4. The molecular formula is C31H28ClN3OS. The van der Waals surface area contributed by atoms with Crippen LogP contribution in [0.4, 0.5) is 5.69 Å². The van der Waals surface area contributed by atoms with Crippen LogP contribution in [0.1, 0.15) is 22.3 Å². The number of thioether (sulfide) groups is 1. The largest absolute Gasteiger partial charge is 0.404 e. The van der Waals surface area contributed by atoms with E-state index >= 15 is 0 Å². The Morgan fingerprint density at radius 2 is 1.32 bits per heavy atom. The van der Waals surface area contributed by atoms with E-state index in [1.54, 1.807) is 6.07 Å². The Bertz CT molecular complexity index is 1290. The molecule has 1 amide bonds. The Labute approximate surface area is 227 Å². The van der Waals surface area contributed by atoms with Crippen molar-refractivity contribution in [3.05, 3.63) is 159 Å². The summed E-state index contributed by atoms with van der Waals surface area (Å²) in [6, 6.07) is 36.0. The minimum Gasteiger partial charge on any atom is -0.404 e. The molecule has 4 aromatic carbocycles. The molecule has 186 valence electrons. The van der Waals surface area contributed by atoms with Crippen molar-refractivity contribution < 1.29 is 4.79 Å². The SMILES string of the molecule is C=C(NC(c1ccccc1)(c1ccccc1)c1ccccc1)S/C(=C\N)C(=O)Nc1c(C)cccc1Cl. The molecule has 0 aromatic heterocycles. The van der Waals surface area contributed by atoms with E-state index in [4.69, 9.17) is 17.3 Å². The van der Waals surface area contributed by atoms with Crippen LogP contribution in [-0.4, -0.2) is 5.91 Å². The number of nitrogens with two attached hydrogens (primary N) is 1. The molecule has 4 rings (SSSR count). The lowest BCUT2D eigenvalue weighted by Crippen LogP contribution is -2.43. The van der Waals surface area contributed by atoms with E-state index in [1.165, 1.54) is 18.0 Å². The molecule has 0 aliphatic heterocycles. The highest BCUT2D eigenvalue weighted by molar-refractivity contribution is 8.07. The van der Waals surface area contributed by atoms with E-state index in [9.17, 15) is 4.79 Å². The highest BCUT2D eigenvalue weighted by Crippen LogP contribution is 2.39. The van der Waals surface area contributed by atoms with Gasteiger partial charge in [-0.25, -0.2) is 0 Å². The summed E-state index contributed by atoms with van der Waals surface area (Å²) in [5.41, 5.74) is 9.65. The third-order valence-electron chi connectivity index (χ3n) is 6.02. The van der Waals surface area contributed by atoms with Gasteiger partial charge in [-0.1, -0.05) is 133 Å². The van der Waals surface area contributed by atoms with Crippen molar-refractivity contribution in [2.75, 3.05) is 5.32 Å². The molecule has 4 N–H and O–H groups in total. The van der Waals surface area contributed by atoms with Crippen LogP contribution in [0.2, 0.25) is 5.02 Å². The summed E-state index contributed by atoms with van der Waals surface area (Å²) in [5, 5.41) is 7.55. The molecule has 0 saturated carbocycles. The van der Waals surface area contributed by atoms with Gasteiger partial charge in [-0.2, -0.15) is 0 Å². The predicted molar refractivity (Wildman–Crippen MR) is 156 cm³/mol. The van der Waals surface area contributed by atoms with Crippen molar-refractivity contribution in [1.29, 1.82) is 0 Å². The van der Waals surface area contributed by atoms with Crippen LogP contribution in [0.15, 0.2) is 132 Å². The van der Waals surface area contributed by atoms with Crippen LogP contribution in [-0.2, 0) is 10.3 Å². The fraction of sp³-hybridized carbons (Fsp3) is 0.0645. The summed E-state index contributed by atoms with van der Waals surface area (Å²) in [6.07, 6.45) is 1.29. The number of hydrogen-bond donors (Lipinski definition) is 3. The van der Waals surface area contributed by atoms with Crippen LogP contribution in [0, 0.1) is 6.92 Å². The topological polar surface area (TPSA) is 67.1 Å². The van der Waals surface area contributed by atoms with Gasteiger partial charge in [0.2, 0.25) is 0 Å². The number of nitrogens with one attached hydrogen (secondary N) is 2. The molecule has 0 unspecified atom stereocenters. The highest BCUT2D eigenvalue weighted by atomic mass is 35.5. The number of carbonyl (C=O) groups excluding carboxylic acids is 1. The first kappa shape index (κ1) is 26.1. The van der Waals surface area contributed by atoms with Gasteiger partial charge in [0.05, 0.1) is 20.6 Å². The first-order valence-electron chi connectivity index (χ1n) is 11.8. The number of anilines is 1. The van der Waals surface area contributed by atoms with Crippen molar-refractivity contribution in [3.63, 3.8) is 0 Å². The Hall–Kier alpha value is -3.93. The molecule has 0 atom stereocenters. The van der Waals surface area contributed by atoms with Gasteiger partial charge in [0.1, 0.15) is 5.54 Å². The summed E-state index contributed by atoms with van der Waals surface area (Å²) in [6.45, 7) is 6.16. The molecule has 4 nitrogen and oxygen atoms in total. The summed E-state index contributed by atoms with van der Waals surface area (Å²) < 4.78 is 0. The van der Waals surface area contributed by atoms with Crippen molar-refractivity contribution in [3.8, 4) is 0 Å². The molecule has 0 aliphatic carbocycles. The van der Waals surface area contributed by atoms with Crippen molar-refractivity contribution >= 4 is 35.0 Å². The van der Waals surface area contributed by atoms with Gasteiger partial charge in [-0.05, 0) is 35.2 Å². The lowest BCUT2D eigenvalue weighted by Gasteiger charge is -2.38. The first-order valence-corrected chi connectivity index (χ1v) is 12.9. The number of para-hydroxylation sites is 1. The van der Waals surface area contributed by atoms with Gasteiger partial charge in [0, 0.05) is 6.20 Å². The third kappa shape index (κ3) is 5.74. The average Bonchev–Trinajstić information content (AvgIpc) is 2.94. The number of carbonyl (C=O) groups is 1. The zero-order chi connectivity index (χ0) is 26.3. The Kier molecular flexibility index (Phi) is 8.39. The minimum atomic E-state index is -0.761. The lowest BCUT2D eigenvalue weighted by molar-refractivity contribution is -0.112. The lowest BCUT2D eigenvalue weighted by atomic mass is 9.77. The third-order valence-corrected chi connectivity index (χ3v) is 7.22. The molecule has 0 heterocycles. The fourth-order valence-electron chi connectivity index (χ4n) is 4.27. The van der Waals surface area contributed by atoms with Crippen LogP contribution in [0.5, 0.6) is 0 Å². The van der Waals surface area contributed by atoms with E-state index < -0.39 is 5.54 Å². The Morgan fingerprint density at radius 1 is 0.838 bits per heavy atom. The summed E-state index contributed by atoms with van der Waals surface area (Å²) >= 11 is 7.49. The molecule has 0 bridgehead atoms. The first-order chi connectivity index (χ1) is 18.0. The number of benzene rings is 4. The van der Waals surface area contributed by atoms with E-state index in [1.807, 2.05) is 73.7 Å². The number of aryl methyl sites for hydroxylation is 1. The second-order valence-electron chi connectivity index (χ2n) is 8.42. The second kappa shape index (κ2) is 11.9. The second-order valence-corrected chi connectivity index (χ2v) is 9.96. The van der Waals surface area contributed by atoms with Gasteiger partial charge in [-0.3, -0.25) is 4.79 Å². The van der Waals surface area contributed by atoms with Crippen molar-refractivity contribution in [2.45, 2.75) is 12.5 Å². The van der Waals surface area contributed by atoms with E-state index in [2.05, 4.69) is 53.6 Å². The van der Waals surface area contributed by atoms with Crippen LogP contribution < -0.4 is 16.4 Å². The highest BCUT2D eigenvalue weighted by Gasteiger charge is 2.37. The molecule has 6 heteroatoms. The van der Waals surface area contributed by atoms with Gasteiger partial charge in [0.25, 0.3) is 5.91 Å². The molecule has 0 radical (unpaired) electrons. The minimum absolute atomic E-state index is 0.292. The maximum atomic E-state index is 13.2. The number of halogens is 1. The van der Waals surface area contributed by atoms with E-state index in [0.29, 0.717) is 20.6 Å². The fourth-order valence-corrected chi connectivity index (χ4v) is 5.22. The van der Waals surface area contributed by atoms with Gasteiger partial charge in [0.15, 0.2) is 0 Å². The van der Waals surface area contributed by atoms with Gasteiger partial charge in [-0.15, -0.1) is 0 Å². The average molecular weight is 526 g/mol. The van der Waals surface area contributed by atoms with Crippen molar-refractivity contribution in [1.82, 2.24) is 5.32 Å². The quantitative estimate of drug-likeness (QED) is 0.160. The van der Waals surface area contributed by atoms with Crippen LogP contribution in [0.25, 0.3) is 0 Å². The molecule has 0 spiro atoms. The Balaban J connectivity index is 1.69. The standard InChI is InChI=1S/C31H28ClN3OS/c1-22-13-12-20-27(32)29(22)34-30(36)28(21-33)37-23(2)35-31(24-14-6-3-7-15-24,25-16-8-4-9-17-25)26-18-10-5-11-19-26/h3-21,35H,2,33H2,1H3,(H,34,36)/b28-21-. The number of amides is 1. The number of rotatable bonds is 9. The zero-order valence-electron chi connectivity index (χ0n) is 20.4. The monoisotopic (exact) mass is 525 g/mol. The maximum Gasteiger partial charge on any atom is 0.264 e. The molecule has 37 heavy (non-hydrogen) atoms. The smallest absolute Gasteiger partial charge is 0.264 e. The zero-order valence-corrected chi connectivity index (χ0v) is 22.0. The molecule has 0 aliphatic rings. The van der Waals surface area contributed by atoms with Crippen LogP contribution in [0.3, 0.4) is 0 Å². The normalized spacial score (nSPS) is 11.6. The Morgan fingerprint density at radius 3 is 1.76 bits per heavy atom. The predicted octanol–water partition coefficient (Wildman–Crippen LogP) is 7.17. The molecule has 0 saturated heterocycles. The van der Waals surface area contributed by atoms with Crippen molar-refractivity contribution in [2.24, 2.45) is 5.73 Å². The maximum absolute atomic E-state index is 13.2. The van der Waals surface area contributed by atoms with Crippen LogP contribution >= 0.6 is 23.4 Å². The summed E-state index contributed by atoms with van der Waals surface area (Å²) in [5.74, 6) is -0.364. The van der Waals surface area contributed by atoms with E-state index in [-0.39, 0.29) is 5.91 Å². The summed E-state index contributed by atoms with van der Waals surface area (Å²) in [7, 11) is 0. The van der Waals surface area contributed by atoms with Gasteiger partial charge < -0.3 is 16.4 Å². The molecular weight excluding hydrogens is 498 g/mol. The summed E-state index contributed by atoms with van der Waals surface area (Å²) in [4.78, 5) is 13.4. The molecule has 4 aromatic rings. The van der Waals surface area contributed by atoms with Gasteiger partial charge >= 0.3 is 0 Å².